The van der Waals surface area contributed by atoms with E-state index in [1.807, 2.05) is 5.38 Å². The Morgan fingerprint density at radius 1 is 1.44 bits per heavy atom. The Labute approximate surface area is 148 Å². The van der Waals surface area contributed by atoms with Crippen LogP contribution in [0.5, 0.6) is 0 Å². The van der Waals surface area contributed by atoms with Gasteiger partial charge in [0.15, 0.2) is 5.82 Å². The fourth-order valence-corrected chi connectivity index (χ4v) is 3.30. The topological polar surface area (TPSA) is 85.8 Å². The summed E-state index contributed by atoms with van der Waals surface area (Å²) in [5.74, 6) is 0.165. The van der Waals surface area contributed by atoms with Crippen molar-refractivity contribution >= 4 is 17.2 Å². The molecule has 8 heteroatoms. The predicted octanol–water partition coefficient (Wildman–Crippen LogP) is 1.98. The van der Waals surface area contributed by atoms with Gasteiger partial charge in [-0.3, -0.25) is 4.79 Å². The van der Waals surface area contributed by atoms with Crippen molar-refractivity contribution < 1.29 is 9.18 Å². The standard InChI is InChI=1S/C17H18FN5OS/c1-23-16(20-10-21-23)12-7-15(25-9-12)17(24)22-13(8-19)6-11-4-2-3-5-14(11)18/h2-5,7,9-10,13H,6,8,19H2,1H3,(H,22,24)/t13-/m0/s1. The van der Waals surface area contributed by atoms with Gasteiger partial charge < -0.3 is 11.1 Å². The third-order valence-corrected chi connectivity index (χ3v) is 4.77. The molecule has 0 bridgehead atoms. The second-order valence-electron chi connectivity index (χ2n) is 5.61. The molecule has 0 spiro atoms. The van der Waals surface area contributed by atoms with E-state index in [0.717, 1.165) is 5.56 Å². The van der Waals surface area contributed by atoms with Gasteiger partial charge in [-0.25, -0.2) is 14.1 Å². The number of amides is 1. The van der Waals surface area contributed by atoms with Gasteiger partial charge in [-0.2, -0.15) is 5.10 Å². The van der Waals surface area contributed by atoms with Crippen molar-refractivity contribution in [2.75, 3.05) is 6.54 Å². The van der Waals surface area contributed by atoms with Gasteiger partial charge in [-0.15, -0.1) is 11.3 Å². The molecule has 0 radical (unpaired) electrons. The minimum atomic E-state index is -0.343. The van der Waals surface area contributed by atoms with Gasteiger partial charge >= 0.3 is 0 Å². The lowest BCUT2D eigenvalue weighted by Crippen LogP contribution is -2.41. The number of benzene rings is 1. The number of nitrogens with one attached hydrogen (secondary N) is 1. The van der Waals surface area contributed by atoms with Crippen LogP contribution in [-0.2, 0) is 13.5 Å². The number of carbonyl (C=O) groups excluding carboxylic acids is 1. The molecule has 3 rings (SSSR count). The quantitative estimate of drug-likeness (QED) is 0.705. The molecule has 2 aromatic heterocycles. The van der Waals surface area contributed by atoms with Gasteiger partial charge in [0.05, 0.1) is 4.88 Å². The molecule has 0 aliphatic rings. The van der Waals surface area contributed by atoms with E-state index in [0.29, 0.717) is 22.7 Å². The highest BCUT2D eigenvalue weighted by atomic mass is 32.1. The number of aromatic nitrogens is 3. The van der Waals surface area contributed by atoms with Crippen LogP contribution < -0.4 is 11.1 Å². The Kier molecular flexibility index (Phi) is 5.20. The molecule has 1 amide bonds. The average Bonchev–Trinajstić information content (AvgIpc) is 3.24. The maximum absolute atomic E-state index is 13.8. The lowest BCUT2D eigenvalue weighted by molar-refractivity contribution is 0.0942. The van der Waals surface area contributed by atoms with E-state index in [9.17, 15) is 9.18 Å². The Morgan fingerprint density at radius 2 is 2.24 bits per heavy atom. The van der Waals surface area contributed by atoms with E-state index >= 15 is 0 Å². The first-order valence-corrected chi connectivity index (χ1v) is 8.63. The van der Waals surface area contributed by atoms with Gasteiger partial charge in [0, 0.05) is 30.6 Å². The third-order valence-electron chi connectivity index (χ3n) is 3.84. The normalized spacial score (nSPS) is 12.1. The minimum absolute atomic E-state index is 0.224. The van der Waals surface area contributed by atoms with Gasteiger partial charge in [-0.1, -0.05) is 18.2 Å². The SMILES string of the molecule is Cn1ncnc1-c1csc(C(=O)N[C@H](CN)Cc2ccccc2F)c1. The summed E-state index contributed by atoms with van der Waals surface area (Å²) in [5, 5.41) is 8.74. The number of halogens is 1. The molecule has 6 nitrogen and oxygen atoms in total. The number of carbonyl (C=O) groups is 1. The largest absolute Gasteiger partial charge is 0.347 e. The van der Waals surface area contributed by atoms with Crippen LogP contribution in [-0.4, -0.2) is 33.3 Å². The summed E-state index contributed by atoms with van der Waals surface area (Å²) in [4.78, 5) is 17.2. The molecule has 0 fully saturated rings. The highest BCUT2D eigenvalue weighted by Gasteiger charge is 2.17. The van der Waals surface area contributed by atoms with E-state index < -0.39 is 0 Å². The number of hydrogen-bond acceptors (Lipinski definition) is 5. The second-order valence-corrected chi connectivity index (χ2v) is 6.52. The molecule has 130 valence electrons. The molecule has 1 atom stereocenters. The zero-order valence-corrected chi connectivity index (χ0v) is 14.5. The van der Waals surface area contributed by atoms with Crippen LogP contribution in [0.3, 0.4) is 0 Å². The predicted molar refractivity (Wildman–Crippen MR) is 94.7 cm³/mol. The Hall–Kier alpha value is -2.58. The molecule has 3 aromatic rings. The molecule has 3 N–H and O–H groups in total. The fraction of sp³-hybridized carbons (Fsp3) is 0.235. The van der Waals surface area contributed by atoms with Crippen molar-refractivity contribution in [1.82, 2.24) is 20.1 Å². The van der Waals surface area contributed by atoms with Crippen LogP contribution in [0.25, 0.3) is 11.4 Å². The van der Waals surface area contributed by atoms with E-state index in [1.165, 1.54) is 23.7 Å². The highest BCUT2D eigenvalue weighted by Crippen LogP contribution is 2.23. The maximum Gasteiger partial charge on any atom is 0.261 e. The fourth-order valence-electron chi connectivity index (χ4n) is 2.51. The zero-order valence-electron chi connectivity index (χ0n) is 13.6. The third kappa shape index (κ3) is 3.92. The zero-order chi connectivity index (χ0) is 17.8. The summed E-state index contributed by atoms with van der Waals surface area (Å²) in [5.41, 5.74) is 7.10. The van der Waals surface area contributed by atoms with Crippen LogP contribution in [0.1, 0.15) is 15.2 Å². The number of aryl methyl sites for hydroxylation is 1. The number of nitrogens with two attached hydrogens (primary N) is 1. The molecular weight excluding hydrogens is 341 g/mol. The molecule has 1 aromatic carbocycles. The van der Waals surface area contributed by atoms with Crippen LogP contribution in [0.15, 0.2) is 42.0 Å². The monoisotopic (exact) mass is 359 g/mol. The van der Waals surface area contributed by atoms with Crippen LogP contribution in [0, 0.1) is 5.82 Å². The van der Waals surface area contributed by atoms with E-state index in [-0.39, 0.29) is 24.3 Å². The molecular formula is C17H18FN5OS. The molecule has 0 saturated heterocycles. The molecule has 0 aliphatic heterocycles. The summed E-state index contributed by atoms with van der Waals surface area (Å²) >= 11 is 1.32. The Bertz CT molecular complexity index is 875. The van der Waals surface area contributed by atoms with E-state index in [2.05, 4.69) is 15.4 Å². The summed E-state index contributed by atoms with van der Waals surface area (Å²) in [6, 6.07) is 7.92. The number of nitrogens with zero attached hydrogens (tertiary/aromatic N) is 3. The molecule has 0 aliphatic carbocycles. The summed E-state index contributed by atoms with van der Waals surface area (Å²) in [6.07, 6.45) is 1.81. The van der Waals surface area contributed by atoms with Crippen molar-refractivity contribution in [3.05, 3.63) is 58.3 Å². The second kappa shape index (κ2) is 7.54. The molecule has 0 unspecified atom stereocenters. The maximum atomic E-state index is 13.8. The molecule has 2 heterocycles. The smallest absolute Gasteiger partial charge is 0.261 e. The van der Waals surface area contributed by atoms with Gasteiger partial charge in [0.25, 0.3) is 5.91 Å². The van der Waals surface area contributed by atoms with E-state index in [4.69, 9.17) is 5.73 Å². The number of thiophene rings is 1. The molecule has 0 saturated carbocycles. The van der Waals surface area contributed by atoms with Crippen LogP contribution in [0.4, 0.5) is 4.39 Å². The highest BCUT2D eigenvalue weighted by molar-refractivity contribution is 7.12. The first kappa shape index (κ1) is 17.2. The van der Waals surface area contributed by atoms with Gasteiger partial charge in [0.1, 0.15) is 12.1 Å². The van der Waals surface area contributed by atoms with Gasteiger partial charge in [-0.05, 0) is 24.1 Å². The summed E-state index contributed by atoms with van der Waals surface area (Å²) in [6.45, 7) is 0.224. The Balaban J connectivity index is 1.69. The lowest BCUT2D eigenvalue weighted by atomic mass is 10.1. The summed E-state index contributed by atoms with van der Waals surface area (Å²) in [7, 11) is 1.79. The van der Waals surface area contributed by atoms with Crippen molar-refractivity contribution in [2.24, 2.45) is 12.8 Å². The first-order valence-electron chi connectivity index (χ1n) is 7.75. The summed E-state index contributed by atoms with van der Waals surface area (Å²) < 4.78 is 15.4. The lowest BCUT2D eigenvalue weighted by Gasteiger charge is -2.16. The van der Waals surface area contributed by atoms with Crippen molar-refractivity contribution in [3.63, 3.8) is 0 Å². The van der Waals surface area contributed by atoms with Crippen molar-refractivity contribution in [3.8, 4) is 11.4 Å². The Morgan fingerprint density at radius 3 is 2.92 bits per heavy atom. The van der Waals surface area contributed by atoms with Crippen molar-refractivity contribution in [1.29, 1.82) is 0 Å². The van der Waals surface area contributed by atoms with E-state index in [1.54, 1.807) is 36.0 Å². The molecule has 25 heavy (non-hydrogen) atoms. The number of hydrogen-bond donors (Lipinski definition) is 2. The number of rotatable bonds is 6. The minimum Gasteiger partial charge on any atom is -0.347 e. The van der Waals surface area contributed by atoms with Crippen molar-refractivity contribution in [2.45, 2.75) is 12.5 Å². The first-order chi connectivity index (χ1) is 12.1. The van der Waals surface area contributed by atoms with Crippen LogP contribution in [0.2, 0.25) is 0 Å². The van der Waals surface area contributed by atoms with Crippen LogP contribution >= 0.6 is 11.3 Å². The average molecular weight is 359 g/mol. The van der Waals surface area contributed by atoms with Gasteiger partial charge in [0.2, 0.25) is 0 Å².